The Morgan fingerprint density at radius 2 is 1.95 bits per heavy atom. The molecule has 21 heavy (non-hydrogen) atoms. The van der Waals surface area contributed by atoms with Crippen molar-refractivity contribution in [2.75, 3.05) is 0 Å². The molecule has 0 aliphatic rings. The molecule has 0 bridgehead atoms. The van der Waals surface area contributed by atoms with Crippen LogP contribution in [0.5, 0.6) is 0 Å². The third-order valence-electron chi connectivity index (χ3n) is 2.94. The highest BCUT2D eigenvalue weighted by atomic mass is 32.2. The van der Waals surface area contributed by atoms with Crippen LogP contribution in [0.4, 0.5) is 8.78 Å². The van der Waals surface area contributed by atoms with Crippen molar-refractivity contribution < 1.29 is 27.1 Å². The molecule has 0 aliphatic heterocycles. The number of unbranched alkanes of at least 4 members (excludes halogenated alkanes) is 1. The van der Waals surface area contributed by atoms with Crippen molar-refractivity contribution in [3.63, 3.8) is 0 Å². The number of halogens is 2. The van der Waals surface area contributed by atoms with Crippen molar-refractivity contribution in [2.45, 2.75) is 44.0 Å². The number of benzene rings is 1. The van der Waals surface area contributed by atoms with Crippen molar-refractivity contribution in [1.29, 1.82) is 0 Å². The predicted octanol–water partition coefficient (Wildman–Crippen LogP) is 2.19. The fourth-order valence-corrected chi connectivity index (χ4v) is 3.10. The first-order chi connectivity index (χ1) is 9.69. The van der Waals surface area contributed by atoms with Crippen molar-refractivity contribution in [1.82, 2.24) is 4.72 Å². The monoisotopic (exact) mass is 321 g/mol. The fourth-order valence-electron chi connectivity index (χ4n) is 1.73. The molecule has 0 saturated heterocycles. The molecule has 0 spiro atoms. The first kappa shape index (κ1) is 17.5. The number of carbonyl (C=O) groups is 1. The minimum atomic E-state index is -4.38. The van der Waals surface area contributed by atoms with Crippen LogP contribution in [0.3, 0.4) is 0 Å². The molecule has 0 radical (unpaired) electrons. The van der Waals surface area contributed by atoms with Crippen LogP contribution >= 0.6 is 0 Å². The summed E-state index contributed by atoms with van der Waals surface area (Å²) in [6, 6.07) is -0.0445. The molecule has 0 fully saturated rings. The molecule has 5 nitrogen and oxygen atoms in total. The standard InChI is InChI=1S/C13H17F2NO4S/c1-3-4-5-11(13(17)18)16-21(19,20)12-6-8(2)9(14)7-10(12)15/h6-7,11,16H,3-5H2,1-2H3,(H,17,18). The number of carboxylic acid groups (broad SMARTS) is 1. The smallest absolute Gasteiger partial charge is 0.321 e. The van der Waals surface area contributed by atoms with Crippen LogP contribution in [0, 0.1) is 18.6 Å². The molecule has 0 aliphatic carbocycles. The Balaban J connectivity index is 3.10. The van der Waals surface area contributed by atoms with E-state index in [1.54, 1.807) is 0 Å². The zero-order valence-electron chi connectivity index (χ0n) is 11.7. The summed E-state index contributed by atoms with van der Waals surface area (Å²) in [6.07, 6.45) is 1.28. The summed E-state index contributed by atoms with van der Waals surface area (Å²) in [5.41, 5.74) is -0.0443. The van der Waals surface area contributed by atoms with E-state index in [-0.39, 0.29) is 12.0 Å². The van der Waals surface area contributed by atoms with Gasteiger partial charge >= 0.3 is 5.97 Å². The number of aliphatic carboxylic acids is 1. The number of rotatable bonds is 7. The van der Waals surface area contributed by atoms with Crippen LogP contribution in [-0.4, -0.2) is 25.5 Å². The third-order valence-corrected chi connectivity index (χ3v) is 4.43. The van der Waals surface area contributed by atoms with Crippen molar-refractivity contribution in [2.24, 2.45) is 0 Å². The maximum atomic E-state index is 13.6. The molecule has 1 unspecified atom stereocenters. The molecule has 0 heterocycles. The molecule has 0 saturated carbocycles. The largest absolute Gasteiger partial charge is 0.480 e. The number of hydrogen-bond acceptors (Lipinski definition) is 3. The minimum Gasteiger partial charge on any atom is -0.480 e. The van der Waals surface area contributed by atoms with Gasteiger partial charge in [0.2, 0.25) is 10.0 Å². The van der Waals surface area contributed by atoms with Gasteiger partial charge in [0.15, 0.2) is 0 Å². The average molecular weight is 321 g/mol. The van der Waals surface area contributed by atoms with Gasteiger partial charge < -0.3 is 5.11 Å². The van der Waals surface area contributed by atoms with Crippen LogP contribution in [0.25, 0.3) is 0 Å². The summed E-state index contributed by atoms with van der Waals surface area (Å²) in [6.45, 7) is 3.12. The summed E-state index contributed by atoms with van der Waals surface area (Å²) in [5.74, 6) is -3.47. The summed E-state index contributed by atoms with van der Waals surface area (Å²) in [4.78, 5) is 10.3. The molecule has 1 atom stereocenters. The second kappa shape index (κ2) is 6.95. The molecule has 0 amide bonds. The van der Waals surface area contributed by atoms with E-state index >= 15 is 0 Å². The van der Waals surface area contributed by atoms with Gasteiger partial charge in [0, 0.05) is 6.07 Å². The number of sulfonamides is 1. The van der Waals surface area contributed by atoms with Crippen molar-refractivity contribution >= 4 is 16.0 Å². The molecular formula is C13H17F2NO4S. The lowest BCUT2D eigenvalue weighted by Crippen LogP contribution is -2.41. The predicted molar refractivity (Wildman–Crippen MR) is 72.4 cm³/mol. The molecule has 1 aromatic carbocycles. The topological polar surface area (TPSA) is 83.5 Å². The van der Waals surface area contributed by atoms with E-state index in [1.807, 2.05) is 11.6 Å². The summed E-state index contributed by atoms with van der Waals surface area (Å²) < 4.78 is 52.8. The lowest BCUT2D eigenvalue weighted by Gasteiger charge is -2.15. The van der Waals surface area contributed by atoms with Gasteiger partial charge in [-0.3, -0.25) is 4.79 Å². The minimum absolute atomic E-state index is 0.0443. The van der Waals surface area contributed by atoms with Gasteiger partial charge in [-0.15, -0.1) is 0 Å². The molecule has 1 rings (SSSR count). The van der Waals surface area contributed by atoms with Gasteiger partial charge in [-0.05, 0) is 25.0 Å². The molecule has 118 valence electrons. The SMILES string of the molecule is CCCCC(NS(=O)(=O)c1cc(C)c(F)cc1F)C(=O)O. The normalized spacial score (nSPS) is 13.1. The molecular weight excluding hydrogens is 304 g/mol. The summed E-state index contributed by atoms with van der Waals surface area (Å²) in [5, 5.41) is 9.00. The third kappa shape index (κ3) is 4.47. The molecule has 8 heteroatoms. The van der Waals surface area contributed by atoms with Gasteiger partial charge in [-0.1, -0.05) is 19.8 Å². The Kier molecular flexibility index (Phi) is 5.79. The fraction of sp³-hybridized carbons (Fsp3) is 0.462. The number of nitrogens with one attached hydrogen (secondary N) is 1. The molecule has 2 N–H and O–H groups in total. The number of carboxylic acids is 1. The summed E-state index contributed by atoms with van der Waals surface area (Å²) in [7, 11) is -4.38. The lowest BCUT2D eigenvalue weighted by molar-refractivity contribution is -0.139. The Hall–Kier alpha value is -1.54. The van der Waals surface area contributed by atoms with Crippen molar-refractivity contribution in [3.8, 4) is 0 Å². The number of aryl methyl sites for hydroxylation is 1. The zero-order chi connectivity index (χ0) is 16.2. The van der Waals surface area contributed by atoms with E-state index in [0.29, 0.717) is 18.9 Å². The Morgan fingerprint density at radius 3 is 2.48 bits per heavy atom. The molecule has 0 aromatic heterocycles. The second-order valence-corrected chi connectivity index (χ2v) is 6.37. The van der Waals surface area contributed by atoms with E-state index in [9.17, 15) is 22.0 Å². The quantitative estimate of drug-likeness (QED) is 0.806. The maximum absolute atomic E-state index is 13.6. The van der Waals surface area contributed by atoms with Crippen LogP contribution in [-0.2, 0) is 14.8 Å². The Labute approximate surface area is 122 Å². The van der Waals surface area contributed by atoms with Gasteiger partial charge in [-0.25, -0.2) is 17.2 Å². The van der Waals surface area contributed by atoms with Gasteiger partial charge in [0.05, 0.1) is 0 Å². The maximum Gasteiger partial charge on any atom is 0.321 e. The van der Waals surface area contributed by atoms with Gasteiger partial charge in [-0.2, -0.15) is 4.72 Å². The average Bonchev–Trinajstić information content (AvgIpc) is 2.38. The second-order valence-electron chi connectivity index (χ2n) is 4.69. The van der Waals surface area contributed by atoms with E-state index in [4.69, 9.17) is 5.11 Å². The highest BCUT2D eigenvalue weighted by molar-refractivity contribution is 7.89. The van der Waals surface area contributed by atoms with Crippen LogP contribution in [0.2, 0.25) is 0 Å². The lowest BCUT2D eigenvalue weighted by atomic mass is 10.1. The molecule has 1 aromatic rings. The highest BCUT2D eigenvalue weighted by Gasteiger charge is 2.27. The Morgan fingerprint density at radius 1 is 1.33 bits per heavy atom. The Bertz CT molecular complexity index is 631. The summed E-state index contributed by atoms with van der Waals surface area (Å²) >= 11 is 0. The van der Waals surface area contributed by atoms with Gasteiger partial charge in [0.1, 0.15) is 22.6 Å². The van der Waals surface area contributed by atoms with Crippen LogP contribution < -0.4 is 4.72 Å². The zero-order valence-corrected chi connectivity index (χ0v) is 12.5. The van der Waals surface area contributed by atoms with Gasteiger partial charge in [0.25, 0.3) is 0 Å². The highest BCUT2D eigenvalue weighted by Crippen LogP contribution is 2.19. The number of hydrogen-bond donors (Lipinski definition) is 2. The van der Waals surface area contributed by atoms with Crippen LogP contribution in [0.1, 0.15) is 31.7 Å². The van der Waals surface area contributed by atoms with Crippen LogP contribution in [0.15, 0.2) is 17.0 Å². The van der Waals surface area contributed by atoms with E-state index < -0.39 is 38.6 Å². The van der Waals surface area contributed by atoms with E-state index in [0.717, 1.165) is 6.07 Å². The first-order valence-electron chi connectivity index (χ1n) is 6.39. The van der Waals surface area contributed by atoms with E-state index in [2.05, 4.69) is 0 Å². The van der Waals surface area contributed by atoms with Crippen molar-refractivity contribution in [3.05, 3.63) is 29.3 Å². The van der Waals surface area contributed by atoms with E-state index in [1.165, 1.54) is 6.92 Å². The first-order valence-corrected chi connectivity index (χ1v) is 7.88.